The topological polar surface area (TPSA) is 60.7 Å². The fraction of sp³-hybridized carbons (Fsp3) is 1.00. The molecule has 0 aromatic rings. The standard InChI is InChI=1S/C5H11BrO3/c6-2-1-5(9,3-7)4-8/h7-9H,1-4H2. The van der Waals surface area contributed by atoms with Gasteiger partial charge in [0.05, 0.1) is 13.2 Å². The molecular weight excluding hydrogens is 188 g/mol. The van der Waals surface area contributed by atoms with E-state index < -0.39 is 18.8 Å². The van der Waals surface area contributed by atoms with Gasteiger partial charge in [-0.05, 0) is 6.42 Å². The van der Waals surface area contributed by atoms with E-state index in [-0.39, 0.29) is 0 Å². The van der Waals surface area contributed by atoms with Crippen LogP contribution in [0, 0.1) is 0 Å². The fourth-order valence-corrected chi connectivity index (χ4v) is 1.12. The summed E-state index contributed by atoms with van der Waals surface area (Å²) in [5.41, 5.74) is -1.30. The Morgan fingerprint density at radius 2 is 1.67 bits per heavy atom. The third kappa shape index (κ3) is 3.15. The van der Waals surface area contributed by atoms with Gasteiger partial charge >= 0.3 is 0 Å². The van der Waals surface area contributed by atoms with Crippen molar-refractivity contribution >= 4 is 15.9 Å². The Morgan fingerprint density at radius 1 is 1.22 bits per heavy atom. The Kier molecular flexibility index (Phi) is 4.39. The molecule has 0 aliphatic carbocycles. The number of alkyl halides is 1. The lowest BCUT2D eigenvalue weighted by Gasteiger charge is -2.21. The molecule has 9 heavy (non-hydrogen) atoms. The van der Waals surface area contributed by atoms with Crippen LogP contribution in [-0.4, -0.2) is 39.5 Å². The molecule has 0 heterocycles. The van der Waals surface area contributed by atoms with E-state index in [1.807, 2.05) is 0 Å². The Balaban J connectivity index is 3.62. The molecule has 0 aromatic heterocycles. The van der Waals surface area contributed by atoms with Gasteiger partial charge in [-0.15, -0.1) is 0 Å². The average molecular weight is 199 g/mol. The van der Waals surface area contributed by atoms with Crippen molar-refractivity contribution in [1.82, 2.24) is 0 Å². The predicted molar refractivity (Wildman–Crippen MR) is 37.5 cm³/mol. The van der Waals surface area contributed by atoms with Crippen molar-refractivity contribution in [1.29, 1.82) is 0 Å². The number of aliphatic hydroxyl groups excluding tert-OH is 2. The smallest absolute Gasteiger partial charge is 0.111 e. The maximum absolute atomic E-state index is 9.10. The normalized spacial score (nSPS) is 12.0. The predicted octanol–water partition coefficient (Wildman–Crippen LogP) is -0.513. The summed E-state index contributed by atoms with van der Waals surface area (Å²) in [6.45, 7) is -0.788. The van der Waals surface area contributed by atoms with Crippen LogP contribution in [0.2, 0.25) is 0 Å². The summed E-state index contributed by atoms with van der Waals surface area (Å²) in [5, 5.41) is 26.6. The minimum absolute atomic E-state index is 0.361. The molecule has 0 atom stereocenters. The minimum Gasteiger partial charge on any atom is -0.393 e. The molecule has 0 aliphatic rings. The van der Waals surface area contributed by atoms with Crippen molar-refractivity contribution in [3.8, 4) is 0 Å². The summed E-state index contributed by atoms with van der Waals surface area (Å²) in [7, 11) is 0. The largest absolute Gasteiger partial charge is 0.393 e. The van der Waals surface area contributed by atoms with Gasteiger partial charge < -0.3 is 15.3 Å². The summed E-state index contributed by atoms with van der Waals surface area (Å²) in [5.74, 6) is 0. The first kappa shape index (κ1) is 9.36. The lowest BCUT2D eigenvalue weighted by molar-refractivity contribution is -0.0558. The van der Waals surface area contributed by atoms with Gasteiger partial charge in [0.2, 0.25) is 0 Å². The van der Waals surface area contributed by atoms with Crippen LogP contribution in [0.1, 0.15) is 6.42 Å². The van der Waals surface area contributed by atoms with E-state index in [4.69, 9.17) is 15.3 Å². The lowest BCUT2D eigenvalue weighted by Crippen LogP contribution is -2.37. The summed E-state index contributed by atoms with van der Waals surface area (Å²) >= 11 is 3.08. The van der Waals surface area contributed by atoms with Crippen LogP contribution >= 0.6 is 15.9 Å². The highest BCUT2D eigenvalue weighted by molar-refractivity contribution is 9.09. The Labute approximate surface area is 62.4 Å². The van der Waals surface area contributed by atoms with Crippen LogP contribution in [0.5, 0.6) is 0 Å². The molecule has 0 aliphatic heterocycles. The van der Waals surface area contributed by atoms with Gasteiger partial charge in [-0.2, -0.15) is 0 Å². The monoisotopic (exact) mass is 198 g/mol. The van der Waals surface area contributed by atoms with E-state index in [9.17, 15) is 0 Å². The third-order valence-electron chi connectivity index (χ3n) is 1.15. The second-order valence-electron chi connectivity index (χ2n) is 1.98. The number of hydrogen-bond donors (Lipinski definition) is 3. The number of aliphatic hydroxyl groups is 3. The van der Waals surface area contributed by atoms with Crippen molar-refractivity contribution in [2.75, 3.05) is 18.5 Å². The van der Waals surface area contributed by atoms with Gasteiger partial charge in [-0.3, -0.25) is 0 Å². The summed E-state index contributed by atoms with van der Waals surface area (Å²) in [4.78, 5) is 0. The van der Waals surface area contributed by atoms with Gasteiger partial charge in [0, 0.05) is 5.33 Å². The first-order valence-electron chi connectivity index (χ1n) is 2.68. The Hall–Kier alpha value is 0.360. The molecule has 0 rings (SSSR count). The molecule has 56 valence electrons. The van der Waals surface area contributed by atoms with Crippen molar-refractivity contribution in [3.63, 3.8) is 0 Å². The van der Waals surface area contributed by atoms with Gasteiger partial charge in [-0.1, -0.05) is 15.9 Å². The fourth-order valence-electron chi connectivity index (χ4n) is 0.384. The molecule has 0 radical (unpaired) electrons. The van der Waals surface area contributed by atoms with E-state index in [0.717, 1.165) is 0 Å². The van der Waals surface area contributed by atoms with Gasteiger partial charge in [0.15, 0.2) is 0 Å². The van der Waals surface area contributed by atoms with Crippen molar-refractivity contribution < 1.29 is 15.3 Å². The highest BCUT2D eigenvalue weighted by atomic mass is 79.9. The molecule has 3 N–H and O–H groups in total. The first-order valence-corrected chi connectivity index (χ1v) is 3.81. The average Bonchev–Trinajstić information content (AvgIpc) is 1.89. The zero-order valence-corrected chi connectivity index (χ0v) is 6.63. The summed E-state index contributed by atoms with van der Waals surface area (Å²) in [6, 6.07) is 0. The Bertz CT molecular complexity index is 72.6. The third-order valence-corrected chi connectivity index (χ3v) is 1.54. The molecule has 3 nitrogen and oxygen atoms in total. The van der Waals surface area contributed by atoms with Gasteiger partial charge in [0.25, 0.3) is 0 Å². The van der Waals surface area contributed by atoms with Crippen molar-refractivity contribution in [2.24, 2.45) is 0 Å². The molecule has 0 amide bonds. The van der Waals surface area contributed by atoms with Crippen LogP contribution < -0.4 is 0 Å². The number of halogens is 1. The Morgan fingerprint density at radius 3 is 1.78 bits per heavy atom. The molecule has 0 spiro atoms. The number of rotatable bonds is 4. The van der Waals surface area contributed by atoms with Crippen LogP contribution in [-0.2, 0) is 0 Å². The summed E-state index contributed by atoms with van der Waals surface area (Å²) < 4.78 is 0. The van der Waals surface area contributed by atoms with Crippen molar-refractivity contribution in [3.05, 3.63) is 0 Å². The molecule has 0 bridgehead atoms. The van der Waals surface area contributed by atoms with E-state index in [1.165, 1.54) is 0 Å². The van der Waals surface area contributed by atoms with Crippen LogP contribution in [0.3, 0.4) is 0 Å². The highest BCUT2D eigenvalue weighted by Gasteiger charge is 2.23. The van der Waals surface area contributed by atoms with Crippen LogP contribution in [0.4, 0.5) is 0 Å². The maximum atomic E-state index is 9.10. The second-order valence-corrected chi connectivity index (χ2v) is 2.77. The van der Waals surface area contributed by atoms with E-state index in [0.29, 0.717) is 11.8 Å². The SMILES string of the molecule is OCC(O)(CO)CCBr. The van der Waals surface area contributed by atoms with Crippen molar-refractivity contribution in [2.45, 2.75) is 12.0 Å². The molecular formula is C5H11BrO3. The maximum Gasteiger partial charge on any atom is 0.111 e. The van der Waals surface area contributed by atoms with Crippen LogP contribution in [0.25, 0.3) is 0 Å². The molecule has 0 saturated heterocycles. The van der Waals surface area contributed by atoms with Crippen LogP contribution in [0.15, 0.2) is 0 Å². The summed E-state index contributed by atoms with van der Waals surface area (Å²) in [6.07, 6.45) is 0.361. The van der Waals surface area contributed by atoms with Gasteiger partial charge in [0.1, 0.15) is 5.60 Å². The van der Waals surface area contributed by atoms with E-state index in [2.05, 4.69) is 15.9 Å². The molecule has 4 heteroatoms. The minimum atomic E-state index is -1.30. The molecule has 0 saturated carbocycles. The number of hydrogen-bond acceptors (Lipinski definition) is 3. The quantitative estimate of drug-likeness (QED) is 0.534. The highest BCUT2D eigenvalue weighted by Crippen LogP contribution is 2.09. The second kappa shape index (κ2) is 4.22. The molecule has 0 fully saturated rings. The first-order chi connectivity index (χ1) is 4.18. The molecule has 0 aromatic carbocycles. The lowest BCUT2D eigenvalue weighted by atomic mass is 10.0. The zero-order valence-electron chi connectivity index (χ0n) is 5.05. The zero-order chi connectivity index (χ0) is 7.33. The van der Waals surface area contributed by atoms with E-state index in [1.54, 1.807) is 0 Å². The van der Waals surface area contributed by atoms with Gasteiger partial charge in [-0.25, -0.2) is 0 Å². The van der Waals surface area contributed by atoms with E-state index >= 15 is 0 Å². The molecule has 0 unspecified atom stereocenters.